The number of aliphatic hydroxyl groups is 1. The highest BCUT2D eigenvalue weighted by Gasteiger charge is 2.16. The second-order valence-corrected chi connectivity index (χ2v) is 17.6. The molecule has 0 aliphatic carbocycles. The van der Waals surface area contributed by atoms with Crippen molar-refractivity contribution in [2.24, 2.45) is 0 Å². The molecule has 0 aromatic heterocycles. The van der Waals surface area contributed by atoms with E-state index in [0.717, 1.165) is 44.9 Å². The second kappa shape index (κ2) is 49.7. The van der Waals surface area contributed by atoms with Crippen LogP contribution in [0.3, 0.4) is 0 Å². The lowest BCUT2D eigenvalue weighted by Gasteiger charge is -2.15. The average Bonchev–Trinajstić information content (AvgIpc) is 3.23. The fraction of sp³-hybridized carbons (Fsp3) is 0.887. The topological polar surface area (TPSA) is 72.8 Å². The summed E-state index contributed by atoms with van der Waals surface area (Å²) in [4.78, 5) is 24.4. The van der Waals surface area contributed by atoms with E-state index in [0.29, 0.717) is 12.8 Å². The SMILES string of the molecule is CCCCC/C=C\C/C=C\CCCCCCCCCC(=O)OC(CO)COC(=O)CCCCCCCCCCCCCCCCCCCCCCCCCCCCC. The van der Waals surface area contributed by atoms with Crippen LogP contribution < -0.4 is 0 Å². The highest BCUT2D eigenvalue weighted by atomic mass is 16.6. The Morgan fingerprint density at radius 3 is 1.05 bits per heavy atom. The number of carbonyl (C=O) groups is 2. The van der Waals surface area contributed by atoms with Crippen LogP contribution in [0, 0.1) is 0 Å². The zero-order valence-corrected chi connectivity index (χ0v) is 39.1. The third-order valence-electron chi connectivity index (χ3n) is 11.7. The van der Waals surface area contributed by atoms with E-state index < -0.39 is 6.10 Å². The van der Waals surface area contributed by atoms with Gasteiger partial charge in [0.05, 0.1) is 6.61 Å². The van der Waals surface area contributed by atoms with E-state index in [1.807, 2.05) is 0 Å². The molecular weight excluding hydrogens is 717 g/mol. The molecule has 0 aromatic carbocycles. The molecule has 0 aromatic rings. The van der Waals surface area contributed by atoms with Crippen LogP contribution in [0.15, 0.2) is 24.3 Å². The van der Waals surface area contributed by atoms with E-state index in [1.54, 1.807) is 0 Å². The number of hydrogen-bond donors (Lipinski definition) is 1. The lowest BCUT2D eigenvalue weighted by Crippen LogP contribution is -2.28. The zero-order valence-electron chi connectivity index (χ0n) is 39.1. The summed E-state index contributed by atoms with van der Waals surface area (Å²) in [5, 5.41) is 9.61. The summed E-state index contributed by atoms with van der Waals surface area (Å²) in [5.41, 5.74) is 0. The van der Waals surface area contributed by atoms with Crippen LogP contribution in [-0.2, 0) is 19.1 Å². The summed E-state index contributed by atoms with van der Waals surface area (Å²) in [6, 6.07) is 0. The molecule has 0 saturated carbocycles. The Labute approximate surface area is 362 Å². The Morgan fingerprint density at radius 1 is 0.397 bits per heavy atom. The van der Waals surface area contributed by atoms with Gasteiger partial charge in [-0.2, -0.15) is 0 Å². The molecule has 0 spiro atoms. The Bertz CT molecular complexity index is 882. The van der Waals surface area contributed by atoms with Crippen LogP contribution in [0.1, 0.15) is 284 Å². The summed E-state index contributed by atoms with van der Waals surface area (Å²) in [6.45, 7) is 4.15. The van der Waals surface area contributed by atoms with Gasteiger partial charge in [0.2, 0.25) is 0 Å². The molecule has 5 heteroatoms. The number of aliphatic hydroxyl groups excluding tert-OH is 1. The normalized spacial score (nSPS) is 12.3. The lowest BCUT2D eigenvalue weighted by atomic mass is 10.0. The minimum Gasteiger partial charge on any atom is -0.462 e. The van der Waals surface area contributed by atoms with Crippen LogP contribution in [0.4, 0.5) is 0 Å². The first kappa shape index (κ1) is 56.4. The van der Waals surface area contributed by atoms with Gasteiger partial charge in [-0.25, -0.2) is 0 Å². The summed E-state index contributed by atoms with van der Waals surface area (Å²) in [5.74, 6) is -0.585. The predicted molar refractivity (Wildman–Crippen MR) is 251 cm³/mol. The minimum atomic E-state index is -0.772. The van der Waals surface area contributed by atoms with E-state index >= 15 is 0 Å². The maximum atomic E-state index is 12.2. The average molecular weight is 817 g/mol. The molecule has 0 bridgehead atoms. The Kier molecular flexibility index (Phi) is 48.4. The largest absolute Gasteiger partial charge is 0.462 e. The maximum Gasteiger partial charge on any atom is 0.306 e. The number of allylic oxidation sites excluding steroid dienone is 4. The number of rotatable bonds is 48. The van der Waals surface area contributed by atoms with Gasteiger partial charge in [-0.3, -0.25) is 9.59 Å². The van der Waals surface area contributed by atoms with Gasteiger partial charge in [0, 0.05) is 12.8 Å². The molecule has 58 heavy (non-hydrogen) atoms. The maximum absolute atomic E-state index is 12.2. The van der Waals surface area contributed by atoms with Crippen molar-refractivity contribution in [2.45, 2.75) is 290 Å². The van der Waals surface area contributed by atoms with Crippen LogP contribution in [0.2, 0.25) is 0 Å². The minimum absolute atomic E-state index is 0.0640. The molecule has 0 aliphatic rings. The van der Waals surface area contributed by atoms with Crippen LogP contribution >= 0.6 is 0 Å². The molecule has 0 fully saturated rings. The molecule has 342 valence electrons. The van der Waals surface area contributed by atoms with E-state index in [2.05, 4.69) is 38.2 Å². The summed E-state index contributed by atoms with van der Waals surface area (Å²) >= 11 is 0. The molecule has 0 aliphatic heterocycles. The Hall–Kier alpha value is -1.62. The second-order valence-electron chi connectivity index (χ2n) is 17.6. The monoisotopic (exact) mass is 817 g/mol. The molecule has 5 nitrogen and oxygen atoms in total. The van der Waals surface area contributed by atoms with Gasteiger partial charge in [0.15, 0.2) is 6.10 Å². The van der Waals surface area contributed by atoms with Crippen molar-refractivity contribution in [3.05, 3.63) is 24.3 Å². The third-order valence-corrected chi connectivity index (χ3v) is 11.7. The Morgan fingerprint density at radius 2 is 0.690 bits per heavy atom. The van der Waals surface area contributed by atoms with E-state index in [4.69, 9.17) is 9.47 Å². The van der Waals surface area contributed by atoms with Gasteiger partial charge in [-0.1, -0.05) is 250 Å². The highest BCUT2D eigenvalue weighted by Crippen LogP contribution is 2.17. The lowest BCUT2D eigenvalue weighted by molar-refractivity contribution is -0.161. The molecule has 0 radical (unpaired) electrons. The van der Waals surface area contributed by atoms with Crippen molar-refractivity contribution < 1.29 is 24.2 Å². The molecule has 0 saturated heterocycles. The first-order valence-corrected chi connectivity index (χ1v) is 25.9. The predicted octanol–water partition coefficient (Wildman–Crippen LogP) is 17.0. The van der Waals surface area contributed by atoms with Crippen molar-refractivity contribution in [2.75, 3.05) is 13.2 Å². The smallest absolute Gasteiger partial charge is 0.306 e. The Balaban J connectivity index is 3.43. The number of esters is 2. The molecule has 1 N–H and O–H groups in total. The van der Waals surface area contributed by atoms with Crippen molar-refractivity contribution in [1.29, 1.82) is 0 Å². The van der Waals surface area contributed by atoms with E-state index in [1.165, 1.54) is 212 Å². The first-order valence-electron chi connectivity index (χ1n) is 25.9. The number of ether oxygens (including phenoxy) is 2. The van der Waals surface area contributed by atoms with E-state index in [9.17, 15) is 14.7 Å². The molecule has 0 amide bonds. The summed E-state index contributed by atoms with van der Waals surface area (Å²) < 4.78 is 10.7. The fourth-order valence-corrected chi connectivity index (χ4v) is 7.82. The number of carbonyl (C=O) groups excluding carboxylic acids is 2. The van der Waals surface area contributed by atoms with Gasteiger partial charge in [-0.15, -0.1) is 0 Å². The van der Waals surface area contributed by atoms with Gasteiger partial charge in [-0.05, 0) is 44.9 Å². The fourth-order valence-electron chi connectivity index (χ4n) is 7.82. The van der Waals surface area contributed by atoms with Gasteiger partial charge in [0.25, 0.3) is 0 Å². The molecule has 0 heterocycles. The van der Waals surface area contributed by atoms with Crippen molar-refractivity contribution in [3.8, 4) is 0 Å². The number of unbranched alkanes of at least 4 members (excludes halogenated alkanes) is 36. The third kappa shape index (κ3) is 47.1. The zero-order chi connectivity index (χ0) is 42.1. The van der Waals surface area contributed by atoms with Gasteiger partial charge >= 0.3 is 11.9 Å². The summed E-state index contributed by atoms with van der Waals surface area (Å²) in [7, 11) is 0. The van der Waals surface area contributed by atoms with Crippen LogP contribution in [-0.4, -0.2) is 36.4 Å². The van der Waals surface area contributed by atoms with Crippen molar-refractivity contribution in [1.82, 2.24) is 0 Å². The van der Waals surface area contributed by atoms with E-state index in [-0.39, 0.29) is 25.2 Å². The molecular formula is C53H100O5. The van der Waals surface area contributed by atoms with Crippen molar-refractivity contribution in [3.63, 3.8) is 0 Å². The first-order chi connectivity index (χ1) is 28.6. The molecule has 0 rings (SSSR count). The van der Waals surface area contributed by atoms with Crippen LogP contribution in [0.25, 0.3) is 0 Å². The molecule has 1 unspecified atom stereocenters. The highest BCUT2D eigenvalue weighted by molar-refractivity contribution is 5.70. The standard InChI is InChI=1S/C53H100O5/c1-3-5-7-9-11-13-15-17-19-21-22-23-24-25-26-27-28-29-30-32-33-35-37-39-41-43-45-47-52(55)57-50-51(49-54)58-53(56)48-46-44-42-40-38-36-34-31-20-18-16-14-12-10-8-6-4-2/h12,14,18,20,51,54H,3-11,13,15-17,19,21-50H2,1-2H3/b14-12-,20-18-. The summed E-state index contributed by atoms with van der Waals surface area (Å²) in [6.07, 6.45) is 61.4. The quantitative estimate of drug-likeness (QED) is 0.0376. The van der Waals surface area contributed by atoms with Crippen molar-refractivity contribution >= 4 is 11.9 Å². The number of hydrogen-bond acceptors (Lipinski definition) is 5. The van der Waals surface area contributed by atoms with Crippen LogP contribution in [0.5, 0.6) is 0 Å². The van der Waals surface area contributed by atoms with Gasteiger partial charge in [0.1, 0.15) is 6.61 Å². The van der Waals surface area contributed by atoms with Gasteiger partial charge < -0.3 is 14.6 Å². The molecule has 1 atom stereocenters.